The van der Waals surface area contributed by atoms with Crippen molar-refractivity contribution in [1.82, 2.24) is 19.9 Å². The fraction of sp³-hybridized carbons (Fsp3) is 0.0909. The molecule has 3 aromatic heterocycles. The van der Waals surface area contributed by atoms with Gasteiger partial charge in [0.05, 0.1) is 0 Å². The molecule has 0 N–H and O–H groups in total. The minimum absolute atomic E-state index is 0.455. The fourth-order valence-electron chi connectivity index (χ4n) is 1.48. The number of fused-ring (bicyclic) bond motifs is 1. The van der Waals surface area contributed by atoms with Gasteiger partial charge in [-0.25, -0.2) is 19.9 Å². The number of halogens is 1. The zero-order valence-electron chi connectivity index (χ0n) is 8.88. The molecule has 3 rings (SSSR count). The Bertz CT molecular complexity index is 695. The molecular formula is C11H7BrN4O. The van der Waals surface area contributed by atoms with E-state index in [0.29, 0.717) is 28.6 Å². The molecule has 0 spiro atoms. The summed E-state index contributed by atoms with van der Waals surface area (Å²) in [4.78, 5) is 16.7. The van der Waals surface area contributed by atoms with Crippen LogP contribution in [0.4, 0.5) is 0 Å². The second-order valence-electron chi connectivity index (χ2n) is 3.49. The van der Waals surface area contributed by atoms with Gasteiger partial charge in [-0.05, 0) is 35.0 Å². The van der Waals surface area contributed by atoms with Crippen molar-refractivity contribution < 1.29 is 4.42 Å². The number of hydrogen-bond acceptors (Lipinski definition) is 5. The lowest BCUT2D eigenvalue weighted by molar-refractivity contribution is 0.604. The van der Waals surface area contributed by atoms with Crippen LogP contribution in [0.3, 0.4) is 0 Å². The molecule has 3 aromatic rings. The first-order valence-corrected chi connectivity index (χ1v) is 5.74. The highest BCUT2D eigenvalue weighted by molar-refractivity contribution is 9.10. The molecule has 0 radical (unpaired) electrons. The summed E-state index contributed by atoms with van der Waals surface area (Å²) in [6.45, 7) is 1.82. The highest BCUT2D eigenvalue weighted by Gasteiger charge is 2.10. The topological polar surface area (TPSA) is 64.7 Å². The van der Waals surface area contributed by atoms with Crippen molar-refractivity contribution >= 4 is 27.2 Å². The zero-order valence-corrected chi connectivity index (χ0v) is 10.5. The average Bonchev–Trinajstić information content (AvgIpc) is 2.72. The summed E-state index contributed by atoms with van der Waals surface area (Å²) >= 11 is 3.34. The van der Waals surface area contributed by atoms with Gasteiger partial charge in [0.1, 0.15) is 17.0 Å². The molecule has 5 nitrogen and oxygen atoms in total. The van der Waals surface area contributed by atoms with Crippen molar-refractivity contribution in [2.24, 2.45) is 0 Å². The molecule has 6 heteroatoms. The van der Waals surface area contributed by atoms with Gasteiger partial charge in [-0.3, -0.25) is 0 Å². The zero-order chi connectivity index (χ0) is 11.8. The van der Waals surface area contributed by atoms with Gasteiger partial charge in [-0.15, -0.1) is 0 Å². The molecule has 0 atom stereocenters. The van der Waals surface area contributed by atoms with Crippen LogP contribution < -0.4 is 0 Å². The third-order valence-corrected chi connectivity index (χ3v) is 2.64. The highest BCUT2D eigenvalue weighted by atomic mass is 79.9. The Hall–Kier alpha value is -1.82. The van der Waals surface area contributed by atoms with Crippen LogP contribution in [0, 0.1) is 6.92 Å². The van der Waals surface area contributed by atoms with Gasteiger partial charge in [-0.1, -0.05) is 0 Å². The van der Waals surface area contributed by atoms with Crippen LogP contribution in [-0.4, -0.2) is 19.9 Å². The van der Waals surface area contributed by atoms with Crippen molar-refractivity contribution in [2.45, 2.75) is 6.92 Å². The Kier molecular flexibility index (Phi) is 2.36. The van der Waals surface area contributed by atoms with Gasteiger partial charge in [0, 0.05) is 16.9 Å². The Morgan fingerprint density at radius 2 is 2.12 bits per heavy atom. The van der Waals surface area contributed by atoms with E-state index in [9.17, 15) is 0 Å². The van der Waals surface area contributed by atoms with Gasteiger partial charge >= 0.3 is 0 Å². The number of pyridine rings is 1. The Balaban J connectivity index is 2.18. The summed E-state index contributed by atoms with van der Waals surface area (Å²) in [5.41, 5.74) is 1.86. The average molecular weight is 291 g/mol. The van der Waals surface area contributed by atoms with Crippen LogP contribution in [0.15, 0.2) is 33.4 Å². The lowest BCUT2D eigenvalue weighted by Crippen LogP contribution is -1.89. The minimum atomic E-state index is 0.455. The molecule has 0 fully saturated rings. The van der Waals surface area contributed by atoms with Crippen LogP contribution in [-0.2, 0) is 0 Å². The number of oxazole rings is 1. The van der Waals surface area contributed by atoms with E-state index < -0.39 is 0 Å². The van der Waals surface area contributed by atoms with Crippen LogP contribution >= 0.6 is 15.9 Å². The quantitative estimate of drug-likeness (QED) is 0.689. The smallest absolute Gasteiger partial charge is 0.248 e. The lowest BCUT2D eigenvalue weighted by atomic mass is 10.4. The summed E-state index contributed by atoms with van der Waals surface area (Å²) in [7, 11) is 0. The van der Waals surface area contributed by atoms with E-state index in [2.05, 4.69) is 35.9 Å². The molecule has 17 heavy (non-hydrogen) atoms. The monoisotopic (exact) mass is 290 g/mol. The molecular weight excluding hydrogens is 284 g/mol. The highest BCUT2D eigenvalue weighted by Crippen LogP contribution is 2.23. The van der Waals surface area contributed by atoms with Crippen LogP contribution in [0.1, 0.15) is 5.82 Å². The van der Waals surface area contributed by atoms with Gasteiger partial charge in [-0.2, -0.15) is 0 Å². The largest absolute Gasteiger partial charge is 0.416 e. The van der Waals surface area contributed by atoms with Crippen LogP contribution in [0.25, 0.3) is 22.8 Å². The Morgan fingerprint density at radius 3 is 2.94 bits per heavy atom. The maximum atomic E-state index is 5.53. The summed E-state index contributed by atoms with van der Waals surface area (Å²) in [6.07, 6.45) is 3.35. The Labute approximate surface area is 105 Å². The lowest BCUT2D eigenvalue weighted by Gasteiger charge is -1.94. The van der Waals surface area contributed by atoms with E-state index >= 15 is 0 Å². The first kappa shape index (κ1) is 10.3. The number of aryl methyl sites for hydroxylation is 1. The number of aromatic nitrogens is 4. The van der Waals surface area contributed by atoms with E-state index in [1.165, 1.54) is 0 Å². The van der Waals surface area contributed by atoms with Gasteiger partial charge in [0.25, 0.3) is 0 Å². The molecule has 0 aliphatic rings. The second-order valence-corrected chi connectivity index (χ2v) is 4.40. The van der Waals surface area contributed by atoms with Gasteiger partial charge in [0.15, 0.2) is 0 Å². The summed E-state index contributed by atoms with van der Waals surface area (Å²) in [6, 6.07) is 3.61. The summed E-state index contributed by atoms with van der Waals surface area (Å²) in [5, 5.41) is 0. The SMILES string of the molecule is Cc1nccc(-c2nc3cc(Br)cnc3o2)n1. The summed E-state index contributed by atoms with van der Waals surface area (Å²) < 4.78 is 6.40. The molecule has 84 valence electrons. The Morgan fingerprint density at radius 1 is 1.24 bits per heavy atom. The molecule has 0 bridgehead atoms. The van der Waals surface area contributed by atoms with Gasteiger partial charge in [0.2, 0.25) is 11.6 Å². The van der Waals surface area contributed by atoms with Crippen molar-refractivity contribution in [2.75, 3.05) is 0 Å². The van der Waals surface area contributed by atoms with E-state index in [4.69, 9.17) is 4.42 Å². The van der Waals surface area contributed by atoms with Crippen LogP contribution in [0.2, 0.25) is 0 Å². The fourth-order valence-corrected chi connectivity index (χ4v) is 1.80. The molecule has 3 heterocycles. The maximum Gasteiger partial charge on any atom is 0.248 e. The number of rotatable bonds is 1. The number of nitrogens with zero attached hydrogens (tertiary/aromatic N) is 4. The molecule has 0 saturated carbocycles. The molecule has 0 unspecified atom stereocenters. The van der Waals surface area contributed by atoms with Crippen molar-refractivity contribution in [3.8, 4) is 11.6 Å². The predicted octanol–water partition coefficient (Wildman–Crippen LogP) is 2.75. The van der Waals surface area contributed by atoms with Crippen molar-refractivity contribution in [3.63, 3.8) is 0 Å². The van der Waals surface area contributed by atoms with E-state index in [-0.39, 0.29) is 0 Å². The number of hydrogen-bond donors (Lipinski definition) is 0. The van der Waals surface area contributed by atoms with E-state index in [1.807, 2.05) is 13.0 Å². The third kappa shape index (κ3) is 1.91. The maximum absolute atomic E-state index is 5.53. The molecule has 0 saturated heterocycles. The minimum Gasteiger partial charge on any atom is -0.416 e. The molecule has 0 aliphatic heterocycles. The summed E-state index contributed by atoms with van der Waals surface area (Å²) in [5.74, 6) is 1.13. The van der Waals surface area contributed by atoms with E-state index in [0.717, 1.165) is 4.47 Å². The first-order chi connectivity index (χ1) is 8.22. The first-order valence-electron chi connectivity index (χ1n) is 4.94. The van der Waals surface area contributed by atoms with Crippen LogP contribution in [0.5, 0.6) is 0 Å². The van der Waals surface area contributed by atoms with Crippen molar-refractivity contribution in [1.29, 1.82) is 0 Å². The van der Waals surface area contributed by atoms with Crippen molar-refractivity contribution in [3.05, 3.63) is 34.8 Å². The predicted molar refractivity (Wildman–Crippen MR) is 65.3 cm³/mol. The third-order valence-electron chi connectivity index (χ3n) is 2.21. The second kappa shape index (κ2) is 3.89. The molecule has 0 aliphatic carbocycles. The molecule has 0 amide bonds. The normalized spacial score (nSPS) is 10.9. The van der Waals surface area contributed by atoms with Gasteiger partial charge < -0.3 is 4.42 Å². The van der Waals surface area contributed by atoms with E-state index in [1.54, 1.807) is 18.5 Å². The molecule has 0 aromatic carbocycles. The standard InChI is InChI=1S/C11H7BrN4O/c1-6-13-3-2-8(15-6)11-16-9-4-7(12)5-14-10(9)17-11/h2-5H,1H3.